The molecule has 0 heterocycles. The summed E-state index contributed by atoms with van der Waals surface area (Å²) in [6.07, 6.45) is 0.0594. The summed E-state index contributed by atoms with van der Waals surface area (Å²) >= 11 is 0. The minimum atomic E-state index is -0.662. The van der Waals surface area contributed by atoms with Crippen molar-refractivity contribution in [1.29, 1.82) is 0 Å². The zero-order valence-electron chi connectivity index (χ0n) is 13.3. The Morgan fingerprint density at radius 1 is 1.33 bits per heavy atom. The van der Waals surface area contributed by atoms with Crippen LogP contribution >= 0.6 is 0 Å². The Morgan fingerprint density at radius 3 is 2.67 bits per heavy atom. The lowest BCUT2D eigenvalue weighted by molar-refractivity contribution is -0.124. The standard InChI is InChI=1S/C16H26N2O3/c1-5-20-14-8-6-7-13(9-14)12(4)18-16(19)15(17)10-21-11(2)3/h6-9,11-12,15H,5,10,17H2,1-4H3,(H,18,19)/t12?,15-/m0/s1. The van der Waals surface area contributed by atoms with Gasteiger partial charge >= 0.3 is 0 Å². The van der Waals surface area contributed by atoms with Gasteiger partial charge in [0.15, 0.2) is 0 Å². The Kier molecular flexibility index (Phi) is 7.19. The summed E-state index contributed by atoms with van der Waals surface area (Å²) in [5.74, 6) is 0.577. The maximum atomic E-state index is 12.0. The fraction of sp³-hybridized carbons (Fsp3) is 0.562. The van der Waals surface area contributed by atoms with E-state index in [0.29, 0.717) is 6.61 Å². The van der Waals surface area contributed by atoms with Gasteiger partial charge in [-0.15, -0.1) is 0 Å². The van der Waals surface area contributed by atoms with Crippen LogP contribution in [0.4, 0.5) is 0 Å². The van der Waals surface area contributed by atoms with Gasteiger partial charge < -0.3 is 20.5 Å². The molecule has 0 bridgehead atoms. The van der Waals surface area contributed by atoms with Crippen LogP contribution < -0.4 is 15.8 Å². The van der Waals surface area contributed by atoms with Gasteiger partial charge in [-0.3, -0.25) is 4.79 Å². The fourth-order valence-corrected chi connectivity index (χ4v) is 1.82. The average Bonchev–Trinajstić information content (AvgIpc) is 2.45. The van der Waals surface area contributed by atoms with E-state index in [1.165, 1.54) is 0 Å². The number of benzene rings is 1. The van der Waals surface area contributed by atoms with Crippen LogP contribution in [0, 0.1) is 0 Å². The highest BCUT2D eigenvalue weighted by Gasteiger charge is 2.17. The zero-order valence-corrected chi connectivity index (χ0v) is 13.3. The van der Waals surface area contributed by atoms with Gasteiger partial charge in [0.25, 0.3) is 0 Å². The summed E-state index contributed by atoms with van der Waals surface area (Å²) in [5.41, 5.74) is 6.79. The molecule has 0 fully saturated rings. The molecule has 0 saturated carbocycles. The molecule has 1 unspecified atom stereocenters. The first kappa shape index (κ1) is 17.5. The van der Waals surface area contributed by atoms with E-state index in [1.807, 2.05) is 52.0 Å². The first-order chi connectivity index (χ1) is 9.93. The van der Waals surface area contributed by atoms with E-state index in [-0.39, 0.29) is 24.7 Å². The average molecular weight is 294 g/mol. The molecule has 0 aliphatic heterocycles. The summed E-state index contributed by atoms with van der Waals surface area (Å²) < 4.78 is 10.8. The second kappa shape index (κ2) is 8.64. The minimum Gasteiger partial charge on any atom is -0.494 e. The summed E-state index contributed by atoms with van der Waals surface area (Å²) in [5, 5.41) is 2.89. The number of carbonyl (C=O) groups excluding carboxylic acids is 1. The van der Waals surface area contributed by atoms with Gasteiger partial charge in [-0.05, 0) is 45.4 Å². The van der Waals surface area contributed by atoms with Gasteiger partial charge in [-0.1, -0.05) is 12.1 Å². The van der Waals surface area contributed by atoms with Crippen LogP contribution in [0.2, 0.25) is 0 Å². The van der Waals surface area contributed by atoms with Crippen LogP contribution in [-0.2, 0) is 9.53 Å². The topological polar surface area (TPSA) is 73.6 Å². The maximum Gasteiger partial charge on any atom is 0.239 e. The number of nitrogens with two attached hydrogens (primary N) is 1. The third kappa shape index (κ3) is 6.14. The van der Waals surface area contributed by atoms with Crippen molar-refractivity contribution in [3.8, 4) is 5.75 Å². The molecule has 1 aromatic carbocycles. The van der Waals surface area contributed by atoms with Crippen molar-refractivity contribution in [1.82, 2.24) is 5.32 Å². The second-order valence-corrected chi connectivity index (χ2v) is 5.22. The van der Waals surface area contributed by atoms with Crippen molar-refractivity contribution in [3.63, 3.8) is 0 Å². The molecule has 5 heteroatoms. The summed E-state index contributed by atoms with van der Waals surface area (Å²) in [6.45, 7) is 8.50. The fourth-order valence-electron chi connectivity index (χ4n) is 1.82. The van der Waals surface area contributed by atoms with Crippen LogP contribution in [0.3, 0.4) is 0 Å². The molecule has 0 radical (unpaired) electrons. The van der Waals surface area contributed by atoms with E-state index in [1.54, 1.807) is 0 Å². The van der Waals surface area contributed by atoms with Gasteiger partial charge in [0.05, 0.1) is 25.4 Å². The summed E-state index contributed by atoms with van der Waals surface area (Å²) in [6, 6.07) is 6.87. The van der Waals surface area contributed by atoms with E-state index in [9.17, 15) is 4.79 Å². The summed E-state index contributed by atoms with van der Waals surface area (Å²) in [7, 11) is 0. The molecule has 0 aliphatic rings. The zero-order chi connectivity index (χ0) is 15.8. The van der Waals surface area contributed by atoms with E-state index in [0.717, 1.165) is 11.3 Å². The van der Waals surface area contributed by atoms with Crippen molar-refractivity contribution in [2.75, 3.05) is 13.2 Å². The van der Waals surface area contributed by atoms with Crippen molar-refractivity contribution in [3.05, 3.63) is 29.8 Å². The molecule has 0 aromatic heterocycles. The lowest BCUT2D eigenvalue weighted by atomic mass is 10.1. The molecule has 0 spiro atoms. The Labute approximate surface area is 126 Å². The highest BCUT2D eigenvalue weighted by molar-refractivity contribution is 5.82. The number of nitrogens with one attached hydrogen (secondary N) is 1. The number of hydrogen-bond donors (Lipinski definition) is 2. The molecule has 1 amide bonds. The molecule has 0 aliphatic carbocycles. The van der Waals surface area contributed by atoms with Gasteiger partial charge in [0.2, 0.25) is 5.91 Å². The summed E-state index contributed by atoms with van der Waals surface area (Å²) in [4.78, 5) is 12.0. The number of carbonyl (C=O) groups is 1. The van der Waals surface area contributed by atoms with Gasteiger partial charge in [-0.25, -0.2) is 0 Å². The first-order valence-corrected chi connectivity index (χ1v) is 7.34. The molecule has 1 aromatic rings. The molecule has 0 saturated heterocycles. The van der Waals surface area contributed by atoms with E-state index >= 15 is 0 Å². The predicted molar refractivity (Wildman–Crippen MR) is 83.2 cm³/mol. The SMILES string of the molecule is CCOc1cccc(C(C)NC(=O)[C@@H](N)COC(C)C)c1. The molecule has 2 atom stereocenters. The normalized spacial score (nSPS) is 13.8. The monoisotopic (exact) mass is 294 g/mol. The molecule has 3 N–H and O–H groups in total. The van der Waals surface area contributed by atoms with E-state index in [4.69, 9.17) is 15.2 Å². The second-order valence-electron chi connectivity index (χ2n) is 5.22. The Morgan fingerprint density at radius 2 is 2.05 bits per heavy atom. The lowest BCUT2D eigenvalue weighted by Gasteiger charge is -2.19. The highest BCUT2D eigenvalue weighted by Crippen LogP contribution is 2.19. The quantitative estimate of drug-likeness (QED) is 0.769. The third-order valence-electron chi connectivity index (χ3n) is 2.97. The Hall–Kier alpha value is -1.59. The molecule has 21 heavy (non-hydrogen) atoms. The number of hydrogen-bond acceptors (Lipinski definition) is 4. The first-order valence-electron chi connectivity index (χ1n) is 7.34. The van der Waals surface area contributed by atoms with Crippen molar-refractivity contribution in [2.45, 2.75) is 45.9 Å². The maximum absolute atomic E-state index is 12.0. The number of ether oxygens (including phenoxy) is 2. The minimum absolute atomic E-state index is 0.0594. The van der Waals surface area contributed by atoms with Crippen molar-refractivity contribution in [2.24, 2.45) is 5.73 Å². The van der Waals surface area contributed by atoms with E-state index in [2.05, 4.69) is 5.32 Å². The van der Waals surface area contributed by atoms with Crippen LogP contribution in [-0.4, -0.2) is 31.3 Å². The smallest absolute Gasteiger partial charge is 0.239 e. The predicted octanol–water partition coefficient (Wildman–Crippen LogP) is 2.01. The number of amides is 1. The van der Waals surface area contributed by atoms with Gasteiger partial charge in [0.1, 0.15) is 11.8 Å². The molecular formula is C16H26N2O3. The Balaban J connectivity index is 2.57. The van der Waals surface area contributed by atoms with Crippen molar-refractivity contribution < 1.29 is 14.3 Å². The van der Waals surface area contributed by atoms with Crippen LogP contribution in [0.25, 0.3) is 0 Å². The number of rotatable bonds is 8. The van der Waals surface area contributed by atoms with Gasteiger partial charge in [0, 0.05) is 0 Å². The van der Waals surface area contributed by atoms with Crippen LogP contribution in [0.5, 0.6) is 5.75 Å². The largest absolute Gasteiger partial charge is 0.494 e. The Bertz CT molecular complexity index is 449. The molecule has 118 valence electrons. The molecule has 5 nitrogen and oxygen atoms in total. The molecular weight excluding hydrogens is 268 g/mol. The third-order valence-corrected chi connectivity index (χ3v) is 2.97. The van der Waals surface area contributed by atoms with Crippen LogP contribution in [0.1, 0.15) is 39.3 Å². The lowest BCUT2D eigenvalue weighted by Crippen LogP contribution is -2.44. The van der Waals surface area contributed by atoms with Crippen molar-refractivity contribution >= 4 is 5.91 Å². The van der Waals surface area contributed by atoms with E-state index < -0.39 is 6.04 Å². The van der Waals surface area contributed by atoms with Crippen LogP contribution in [0.15, 0.2) is 24.3 Å². The molecule has 1 rings (SSSR count). The highest BCUT2D eigenvalue weighted by atomic mass is 16.5. The van der Waals surface area contributed by atoms with Gasteiger partial charge in [-0.2, -0.15) is 0 Å².